The molecule has 0 N–H and O–H groups in total. The first-order chi connectivity index (χ1) is 25.7. The molecule has 4 nitrogen and oxygen atoms in total. The second-order valence-corrected chi connectivity index (χ2v) is 14.9. The zero-order valence-electron chi connectivity index (χ0n) is 28.2. The topological polar surface area (TPSA) is 43.6 Å². The summed E-state index contributed by atoms with van der Waals surface area (Å²) < 4.78 is 6.13. The van der Waals surface area contributed by atoms with Gasteiger partial charge in [-0.1, -0.05) is 122 Å². The maximum absolute atomic E-state index is 5.06. The molecule has 52 heavy (non-hydrogen) atoms. The van der Waals surface area contributed by atoms with Gasteiger partial charge in [0.15, 0.2) is 17.5 Å². The van der Waals surface area contributed by atoms with Crippen molar-refractivity contribution < 1.29 is 0 Å². The van der Waals surface area contributed by atoms with Crippen LogP contribution in [0.2, 0.25) is 0 Å². The molecule has 0 unspecified atom stereocenters. The van der Waals surface area contributed by atoms with Gasteiger partial charge in [-0.25, -0.2) is 15.0 Å². The molecular weight excluding hydrogens is 673 g/mol. The van der Waals surface area contributed by atoms with E-state index in [0.29, 0.717) is 17.5 Å². The molecule has 4 heterocycles. The van der Waals surface area contributed by atoms with Gasteiger partial charge in [0.05, 0.1) is 11.0 Å². The molecule has 0 amide bonds. The predicted octanol–water partition coefficient (Wildman–Crippen LogP) is 13.0. The summed E-state index contributed by atoms with van der Waals surface area (Å²) in [4.78, 5) is 16.1. The van der Waals surface area contributed by atoms with Crippen LogP contribution in [0.15, 0.2) is 152 Å². The van der Waals surface area contributed by atoms with Crippen LogP contribution in [0.4, 0.5) is 0 Å². The third-order valence-electron chi connectivity index (χ3n) is 9.82. The lowest BCUT2D eigenvalue weighted by Crippen LogP contribution is -2.03. The van der Waals surface area contributed by atoms with Gasteiger partial charge in [-0.3, -0.25) is 0 Å². The predicted molar refractivity (Wildman–Crippen MR) is 223 cm³/mol. The van der Waals surface area contributed by atoms with E-state index in [-0.39, 0.29) is 0 Å². The van der Waals surface area contributed by atoms with Crippen LogP contribution >= 0.6 is 22.7 Å². The monoisotopic (exact) mass is 702 g/mol. The number of thiophene rings is 2. The highest BCUT2D eigenvalue weighted by Crippen LogP contribution is 2.45. The van der Waals surface area contributed by atoms with Crippen molar-refractivity contribution >= 4 is 86.4 Å². The smallest absolute Gasteiger partial charge is 0.165 e. The minimum absolute atomic E-state index is 0.648. The lowest BCUT2D eigenvalue weighted by atomic mass is 10.0. The van der Waals surface area contributed by atoms with Crippen LogP contribution in [-0.2, 0) is 0 Å². The van der Waals surface area contributed by atoms with E-state index < -0.39 is 0 Å². The maximum Gasteiger partial charge on any atom is 0.165 e. The van der Waals surface area contributed by atoms with Gasteiger partial charge in [0.1, 0.15) is 0 Å². The summed E-state index contributed by atoms with van der Waals surface area (Å²) in [6.07, 6.45) is 4.10. The van der Waals surface area contributed by atoms with Crippen molar-refractivity contribution in [3.63, 3.8) is 0 Å². The van der Waals surface area contributed by atoms with Crippen molar-refractivity contribution in [2.75, 3.05) is 0 Å². The van der Waals surface area contributed by atoms with Crippen LogP contribution in [0.3, 0.4) is 0 Å². The van der Waals surface area contributed by atoms with Crippen molar-refractivity contribution in [3.8, 4) is 28.5 Å². The van der Waals surface area contributed by atoms with E-state index in [2.05, 4.69) is 103 Å². The van der Waals surface area contributed by atoms with E-state index in [9.17, 15) is 0 Å². The first-order valence-corrected chi connectivity index (χ1v) is 18.9. The van der Waals surface area contributed by atoms with Gasteiger partial charge in [0.25, 0.3) is 0 Å². The number of hydrogen-bond acceptors (Lipinski definition) is 5. The van der Waals surface area contributed by atoms with Crippen LogP contribution in [-0.4, -0.2) is 19.5 Å². The molecule has 4 aromatic heterocycles. The molecule has 6 heteroatoms. The van der Waals surface area contributed by atoms with E-state index in [1.165, 1.54) is 57.8 Å². The fourth-order valence-electron chi connectivity index (χ4n) is 7.41. The molecule has 0 aliphatic rings. The van der Waals surface area contributed by atoms with E-state index in [1.807, 2.05) is 78.1 Å². The summed E-state index contributed by atoms with van der Waals surface area (Å²) in [6, 6.07) is 49.2. The number of para-hydroxylation sites is 2. The first kappa shape index (κ1) is 30.6. The average Bonchev–Trinajstić information content (AvgIpc) is 3.86. The highest BCUT2D eigenvalue weighted by Gasteiger charge is 2.21. The van der Waals surface area contributed by atoms with Crippen LogP contribution in [0.25, 0.3) is 92.2 Å². The zero-order valence-corrected chi connectivity index (χ0v) is 29.9. The second kappa shape index (κ2) is 12.2. The van der Waals surface area contributed by atoms with Gasteiger partial charge >= 0.3 is 0 Å². The van der Waals surface area contributed by atoms with Crippen molar-refractivity contribution in [1.82, 2.24) is 19.5 Å². The third kappa shape index (κ3) is 4.83. The molecule has 0 fully saturated rings. The van der Waals surface area contributed by atoms with E-state index in [0.717, 1.165) is 27.1 Å². The minimum Gasteiger partial charge on any atom is -0.309 e. The zero-order chi connectivity index (χ0) is 34.8. The number of allylic oxidation sites excluding steroid dienone is 1. The molecule has 0 atom stereocenters. The van der Waals surface area contributed by atoms with Crippen LogP contribution < -0.4 is 0 Å². The van der Waals surface area contributed by atoms with Crippen LogP contribution in [0, 0.1) is 0 Å². The van der Waals surface area contributed by atoms with Crippen LogP contribution in [0.5, 0.6) is 0 Å². The van der Waals surface area contributed by atoms with E-state index in [4.69, 9.17) is 15.0 Å². The van der Waals surface area contributed by atoms with Gasteiger partial charge in [-0.2, -0.15) is 0 Å². The third-order valence-corrected chi connectivity index (χ3v) is 12.1. The minimum atomic E-state index is 0.648. The Kier molecular flexibility index (Phi) is 7.20. The Morgan fingerprint density at radius 3 is 1.73 bits per heavy atom. The summed E-state index contributed by atoms with van der Waals surface area (Å²) in [5, 5.41) is 6.27. The van der Waals surface area contributed by atoms with Gasteiger partial charge in [-0.05, 0) is 43.3 Å². The standard InChI is InChI=1S/C46H30N4S2/c1-3-31-36-26-41-37(35-24-23-30(25-40(35)51-41)50-38-21-13-11-19-33(38)34-20-12-14-22-39(34)50)27-42(36)52-43(31)32(4-2)46-48-44(28-15-7-5-8-16-28)47-45(49-46)29-17-9-6-10-18-29/h3-27H,1H2,2H3/b32-4+. The average molecular weight is 703 g/mol. The summed E-state index contributed by atoms with van der Waals surface area (Å²) >= 11 is 3.62. The van der Waals surface area contributed by atoms with Crippen LogP contribution in [0.1, 0.15) is 23.2 Å². The number of benzene rings is 6. The van der Waals surface area contributed by atoms with Crippen molar-refractivity contribution in [3.05, 3.63) is 168 Å². The van der Waals surface area contributed by atoms with Gasteiger partial charge in [0, 0.05) is 73.9 Å². The Morgan fingerprint density at radius 2 is 1.12 bits per heavy atom. The Balaban J connectivity index is 1.12. The molecule has 10 aromatic rings. The van der Waals surface area contributed by atoms with Crippen molar-refractivity contribution in [1.29, 1.82) is 0 Å². The molecule has 0 aliphatic carbocycles. The molecule has 10 rings (SSSR count). The molecule has 6 aromatic carbocycles. The number of nitrogens with zero attached hydrogens (tertiary/aromatic N) is 4. The SMILES string of the molecule is C=Cc1c(/C(=C\C)c2nc(-c3ccccc3)nc(-c3ccccc3)n2)sc2cc3c(cc12)sc1cc(-n2c4ccccc4c4ccccc42)ccc13. The lowest BCUT2D eigenvalue weighted by Gasteiger charge is -2.10. The molecular formula is C46H30N4S2. The Hall–Kier alpha value is -6.21. The fraction of sp³-hybridized carbons (Fsp3) is 0.0217. The maximum atomic E-state index is 5.06. The molecule has 0 saturated carbocycles. The summed E-state index contributed by atoms with van der Waals surface area (Å²) in [6.45, 7) is 6.35. The highest BCUT2D eigenvalue weighted by molar-refractivity contribution is 7.26. The van der Waals surface area contributed by atoms with E-state index in [1.54, 1.807) is 11.3 Å². The molecule has 0 bridgehead atoms. The van der Waals surface area contributed by atoms with E-state index >= 15 is 0 Å². The largest absolute Gasteiger partial charge is 0.309 e. The summed E-state index contributed by atoms with van der Waals surface area (Å²) in [5.41, 5.74) is 7.58. The molecule has 0 saturated heterocycles. The van der Waals surface area contributed by atoms with Crippen molar-refractivity contribution in [2.24, 2.45) is 0 Å². The molecule has 0 spiro atoms. The highest BCUT2D eigenvalue weighted by atomic mass is 32.1. The number of hydrogen-bond donors (Lipinski definition) is 0. The molecule has 0 radical (unpaired) electrons. The Morgan fingerprint density at radius 1 is 0.558 bits per heavy atom. The first-order valence-electron chi connectivity index (χ1n) is 17.3. The molecule has 0 aliphatic heterocycles. The summed E-state index contributed by atoms with van der Waals surface area (Å²) in [7, 11) is 0. The number of rotatable bonds is 6. The Bertz CT molecular complexity index is 2930. The summed E-state index contributed by atoms with van der Waals surface area (Å²) in [5.74, 6) is 1.95. The quantitative estimate of drug-likeness (QED) is 0.173. The van der Waals surface area contributed by atoms with Gasteiger partial charge in [-0.15, -0.1) is 22.7 Å². The van der Waals surface area contributed by atoms with Gasteiger partial charge in [0.2, 0.25) is 0 Å². The lowest BCUT2D eigenvalue weighted by molar-refractivity contribution is 1.04. The normalized spacial score (nSPS) is 12.1. The second-order valence-electron chi connectivity index (χ2n) is 12.8. The van der Waals surface area contributed by atoms with Crippen molar-refractivity contribution in [2.45, 2.75) is 6.92 Å². The van der Waals surface area contributed by atoms with Gasteiger partial charge < -0.3 is 4.57 Å². The Labute approximate surface area is 308 Å². The number of fused-ring (bicyclic) bond motifs is 7. The fourth-order valence-corrected chi connectivity index (χ4v) is 9.86. The number of aromatic nitrogens is 4. The molecule has 246 valence electrons.